The molecular formula is C16H15ClN2O. The van der Waals surface area contributed by atoms with E-state index in [1.807, 2.05) is 55.5 Å². The van der Waals surface area contributed by atoms with Crippen LogP contribution in [0.15, 0.2) is 48.5 Å². The first kappa shape index (κ1) is 13.2. The van der Waals surface area contributed by atoms with Crippen molar-refractivity contribution in [3.05, 3.63) is 64.7 Å². The summed E-state index contributed by atoms with van der Waals surface area (Å²) in [5.41, 5.74) is 8.93. The maximum Gasteiger partial charge on any atom is 0.247 e. The number of carbonyl (C=O) groups is 1. The van der Waals surface area contributed by atoms with Gasteiger partial charge in [-0.1, -0.05) is 35.9 Å². The Bertz CT molecular complexity index is 671. The molecule has 4 heteroatoms. The number of hydrogen-bond donors (Lipinski definition) is 1. The van der Waals surface area contributed by atoms with Crippen molar-refractivity contribution < 1.29 is 4.79 Å². The number of carbonyl (C=O) groups excluding carboxylic acids is 1. The summed E-state index contributed by atoms with van der Waals surface area (Å²) in [5.74, 6) is -0.0550. The monoisotopic (exact) mass is 286 g/mol. The number of rotatable bonds is 2. The van der Waals surface area contributed by atoms with Crippen LogP contribution in [-0.4, -0.2) is 11.9 Å². The van der Waals surface area contributed by atoms with Gasteiger partial charge in [-0.25, -0.2) is 0 Å². The molecule has 2 aromatic carbocycles. The summed E-state index contributed by atoms with van der Waals surface area (Å²) >= 11 is 6.03. The summed E-state index contributed by atoms with van der Waals surface area (Å²) in [7, 11) is 0. The number of hydrogen-bond acceptors (Lipinski definition) is 2. The first-order valence-electron chi connectivity index (χ1n) is 6.49. The van der Waals surface area contributed by atoms with Crippen LogP contribution in [0.25, 0.3) is 0 Å². The maximum atomic E-state index is 12.1. The Labute approximate surface area is 123 Å². The molecule has 0 aromatic heterocycles. The zero-order valence-corrected chi connectivity index (χ0v) is 11.8. The van der Waals surface area contributed by atoms with E-state index in [9.17, 15) is 4.79 Å². The Hall–Kier alpha value is -1.84. The third-order valence-corrected chi connectivity index (χ3v) is 3.85. The standard InChI is InChI=1S/C16H15ClN2O/c1-10-4-2-7-13(8-10)19-15(14(18)16(19)20)11-5-3-6-12(17)9-11/h2-9,14-15H,18H2,1H3/t14-,15+/m1/s1. The largest absolute Gasteiger partial charge is 0.318 e. The predicted molar refractivity (Wildman–Crippen MR) is 80.8 cm³/mol. The van der Waals surface area contributed by atoms with Crippen LogP contribution in [0.5, 0.6) is 0 Å². The van der Waals surface area contributed by atoms with E-state index >= 15 is 0 Å². The molecule has 1 saturated heterocycles. The van der Waals surface area contributed by atoms with Crippen molar-refractivity contribution in [3.63, 3.8) is 0 Å². The summed E-state index contributed by atoms with van der Waals surface area (Å²) < 4.78 is 0. The average Bonchev–Trinajstić information content (AvgIpc) is 2.43. The normalized spacial score (nSPS) is 21.8. The molecule has 1 amide bonds. The fourth-order valence-corrected chi connectivity index (χ4v) is 2.82. The third kappa shape index (κ3) is 2.09. The molecule has 0 bridgehead atoms. The number of nitrogens with two attached hydrogens (primary N) is 1. The molecule has 2 atom stereocenters. The van der Waals surface area contributed by atoms with E-state index in [0.717, 1.165) is 16.8 Å². The number of benzene rings is 2. The maximum absolute atomic E-state index is 12.1. The van der Waals surface area contributed by atoms with Crippen LogP contribution >= 0.6 is 11.6 Å². The van der Waals surface area contributed by atoms with Crippen molar-refractivity contribution in [2.75, 3.05) is 4.90 Å². The SMILES string of the molecule is Cc1cccc(N2C(=O)[C@H](N)[C@@H]2c2cccc(Cl)c2)c1. The fourth-order valence-electron chi connectivity index (χ4n) is 2.62. The van der Waals surface area contributed by atoms with E-state index in [-0.39, 0.29) is 11.9 Å². The van der Waals surface area contributed by atoms with Crippen LogP contribution in [-0.2, 0) is 4.79 Å². The van der Waals surface area contributed by atoms with E-state index in [1.54, 1.807) is 4.90 Å². The molecule has 102 valence electrons. The molecule has 0 spiro atoms. The number of amides is 1. The van der Waals surface area contributed by atoms with Crippen molar-refractivity contribution in [2.24, 2.45) is 5.73 Å². The Morgan fingerprint density at radius 3 is 2.60 bits per heavy atom. The summed E-state index contributed by atoms with van der Waals surface area (Å²) in [4.78, 5) is 13.8. The first-order chi connectivity index (χ1) is 9.58. The van der Waals surface area contributed by atoms with Gasteiger partial charge in [0, 0.05) is 10.7 Å². The van der Waals surface area contributed by atoms with Crippen LogP contribution in [0, 0.1) is 6.92 Å². The van der Waals surface area contributed by atoms with Crippen LogP contribution in [0.3, 0.4) is 0 Å². The molecule has 2 N–H and O–H groups in total. The lowest BCUT2D eigenvalue weighted by Gasteiger charge is -2.45. The lowest BCUT2D eigenvalue weighted by Crippen LogP contribution is -2.63. The molecule has 3 rings (SSSR count). The van der Waals surface area contributed by atoms with E-state index in [4.69, 9.17) is 17.3 Å². The summed E-state index contributed by atoms with van der Waals surface area (Å²) in [6.45, 7) is 2.00. The van der Waals surface area contributed by atoms with Gasteiger partial charge in [0.15, 0.2) is 0 Å². The van der Waals surface area contributed by atoms with Gasteiger partial charge in [0.1, 0.15) is 6.04 Å². The Morgan fingerprint density at radius 1 is 1.15 bits per heavy atom. The van der Waals surface area contributed by atoms with Gasteiger partial charge in [0.2, 0.25) is 5.91 Å². The van der Waals surface area contributed by atoms with Crippen molar-refractivity contribution in [3.8, 4) is 0 Å². The van der Waals surface area contributed by atoms with E-state index in [1.165, 1.54) is 0 Å². The van der Waals surface area contributed by atoms with Gasteiger partial charge in [0.25, 0.3) is 0 Å². The Kier molecular flexibility index (Phi) is 3.24. The molecular weight excluding hydrogens is 272 g/mol. The lowest BCUT2D eigenvalue weighted by molar-refractivity contribution is -0.126. The molecule has 1 aliphatic heterocycles. The van der Waals surface area contributed by atoms with Crippen LogP contribution in [0.2, 0.25) is 5.02 Å². The molecule has 1 aliphatic rings. The quantitative estimate of drug-likeness (QED) is 0.863. The average molecular weight is 287 g/mol. The van der Waals surface area contributed by atoms with Gasteiger partial charge in [0.05, 0.1) is 6.04 Å². The van der Waals surface area contributed by atoms with E-state index in [2.05, 4.69) is 0 Å². The van der Waals surface area contributed by atoms with Gasteiger partial charge in [-0.2, -0.15) is 0 Å². The second-order valence-electron chi connectivity index (χ2n) is 5.07. The zero-order chi connectivity index (χ0) is 14.3. The van der Waals surface area contributed by atoms with Crippen molar-refractivity contribution in [1.82, 2.24) is 0 Å². The molecule has 2 aromatic rings. The molecule has 0 unspecified atom stereocenters. The van der Waals surface area contributed by atoms with Gasteiger partial charge in [-0.3, -0.25) is 4.79 Å². The fraction of sp³-hybridized carbons (Fsp3) is 0.188. The van der Waals surface area contributed by atoms with Crippen molar-refractivity contribution >= 4 is 23.2 Å². The smallest absolute Gasteiger partial charge is 0.247 e. The van der Waals surface area contributed by atoms with Crippen LogP contribution in [0.4, 0.5) is 5.69 Å². The minimum Gasteiger partial charge on any atom is -0.318 e. The highest BCUT2D eigenvalue weighted by atomic mass is 35.5. The molecule has 0 radical (unpaired) electrons. The van der Waals surface area contributed by atoms with E-state index < -0.39 is 6.04 Å². The highest BCUT2D eigenvalue weighted by Gasteiger charge is 2.46. The topological polar surface area (TPSA) is 46.3 Å². The number of β-lactam (4-membered cyclic amide) rings is 1. The van der Waals surface area contributed by atoms with Crippen molar-refractivity contribution in [1.29, 1.82) is 0 Å². The molecule has 1 heterocycles. The minimum absolute atomic E-state index is 0.0550. The number of aryl methyl sites for hydroxylation is 1. The van der Waals surface area contributed by atoms with E-state index in [0.29, 0.717) is 5.02 Å². The number of nitrogens with zero attached hydrogens (tertiary/aromatic N) is 1. The van der Waals surface area contributed by atoms with Crippen LogP contribution < -0.4 is 10.6 Å². The van der Waals surface area contributed by atoms with Gasteiger partial charge in [-0.15, -0.1) is 0 Å². The van der Waals surface area contributed by atoms with Crippen molar-refractivity contribution in [2.45, 2.75) is 19.0 Å². The Morgan fingerprint density at radius 2 is 1.90 bits per heavy atom. The van der Waals surface area contributed by atoms with Crippen LogP contribution in [0.1, 0.15) is 17.2 Å². The van der Waals surface area contributed by atoms with Gasteiger partial charge in [-0.05, 0) is 42.3 Å². The number of anilines is 1. The molecule has 1 fully saturated rings. The molecule has 20 heavy (non-hydrogen) atoms. The van der Waals surface area contributed by atoms with Gasteiger partial charge < -0.3 is 10.6 Å². The second-order valence-corrected chi connectivity index (χ2v) is 5.51. The summed E-state index contributed by atoms with van der Waals surface area (Å²) in [6.07, 6.45) is 0. The molecule has 0 saturated carbocycles. The second kappa shape index (κ2) is 4.93. The zero-order valence-electron chi connectivity index (χ0n) is 11.1. The molecule has 0 aliphatic carbocycles. The lowest BCUT2D eigenvalue weighted by atomic mass is 9.88. The Balaban J connectivity index is 2.00. The molecule has 3 nitrogen and oxygen atoms in total. The third-order valence-electron chi connectivity index (χ3n) is 3.61. The summed E-state index contributed by atoms with van der Waals surface area (Å²) in [5, 5.41) is 0.651. The highest BCUT2D eigenvalue weighted by molar-refractivity contribution is 6.30. The summed E-state index contributed by atoms with van der Waals surface area (Å²) in [6, 6.07) is 14.7. The first-order valence-corrected chi connectivity index (χ1v) is 6.86. The number of halogens is 1. The van der Waals surface area contributed by atoms with Gasteiger partial charge >= 0.3 is 0 Å². The minimum atomic E-state index is -0.506. The highest BCUT2D eigenvalue weighted by Crippen LogP contribution is 2.38. The predicted octanol–water partition coefficient (Wildman–Crippen LogP) is 3.06.